The van der Waals surface area contributed by atoms with Crippen LogP contribution < -0.4 is 9.62 Å². The smallest absolute Gasteiger partial charge is 0.237 e. The summed E-state index contributed by atoms with van der Waals surface area (Å²) < 4.78 is 55.0. The first-order chi connectivity index (χ1) is 17.2. The standard InChI is InChI=1S/C28H24F2N2O2S2.H2/c1-4-25-17-35-28(21-9-12-23(29)13-10-21)32(25)27-14-11-22(15-19(27)3)26(5-2)31-36(33,34)18-20-7-6-8-24(30)16-20;/h6-16,28,31H,1-2,17-18H2,3H3;1H. The van der Waals surface area contributed by atoms with Gasteiger partial charge in [0.25, 0.3) is 0 Å². The van der Waals surface area contributed by atoms with Crippen LogP contribution in [-0.4, -0.2) is 14.2 Å². The average molecular weight is 525 g/mol. The van der Waals surface area contributed by atoms with Gasteiger partial charge < -0.3 is 4.90 Å². The van der Waals surface area contributed by atoms with Crippen molar-refractivity contribution in [2.45, 2.75) is 18.1 Å². The maximum atomic E-state index is 13.5. The van der Waals surface area contributed by atoms with Crippen molar-refractivity contribution in [3.05, 3.63) is 131 Å². The van der Waals surface area contributed by atoms with Gasteiger partial charge in [0.1, 0.15) is 17.0 Å². The zero-order valence-electron chi connectivity index (χ0n) is 19.6. The van der Waals surface area contributed by atoms with Crippen LogP contribution in [0.3, 0.4) is 0 Å². The fraction of sp³-hybridized carbons (Fsp3) is 0.143. The molecule has 0 aromatic heterocycles. The Balaban J connectivity index is 0.00000380. The minimum Gasteiger partial charge on any atom is -0.321 e. The number of hydrogen-bond donors (Lipinski definition) is 1. The highest BCUT2D eigenvalue weighted by molar-refractivity contribution is 8.00. The van der Waals surface area contributed by atoms with Crippen molar-refractivity contribution in [1.29, 1.82) is 0 Å². The van der Waals surface area contributed by atoms with Crippen molar-refractivity contribution in [2.24, 2.45) is 0 Å². The summed E-state index contributed by atoms with van der Waals surface area (Å²) in [5.74, 6) is -0.479. The first-order valence-corrected chi connectivity index (χ1v) is 13.7. The molecule has 1 unspecified atom stereocenters. The Morgan fingerprint density at radius 2 is 1.86 bits per heavy atom. The number of rotatable bonds is 7. The molecule has 1 fully saturated rings. The molecule has 4 nitrogen and oxygen atoms in total. The van der Waals surface area contributed by atoms with Crippen molar-refractivity contribution in [2.75, 3.05) is 10.7 Å². The van der Waals surface area contributed by atoms with Gasteiger partial charge in [-0.25, -0.2) is 17.2 Å². The first kappa shape index (κ1) is 25.5. The van der Waals surface area contributed by atoms with E-state index in [-0.39, 0.29) is 24.1 Å². The van der Waals surface area contributed by atoms with E-state index >= 15 is 0 Å². The van der Waals surface area contributed by atoms with Crippen LogP contribution in [-0.2, 0) is 15.8 Å². The van der Waals surface area contributed by atoms with E-state index in [0.29, 0.717) is 16.9 Å². The second kappa shape index (κ2) is 10.6. The maximum Gasteiger partial charge on any atom is 0.237 e. The van der Waals surface area contributed by atoms with Crippen molar-refractivity contribution < 1.29 is 18.6 Å². The van der Waals surface area contributed by atoms with Gasteiger partial charge in [0, 0.05) is 18.4 Å². The quantitative estimate of drug-likeness (QED) is 0.350. The normalized spacial score (nSPS) is 15.4. The summed E-state index contributed by atoms with van der Waals surface area (Å²) in [5, 5.41) is -0.0846. The number of aryl methyl sites for hydroxylation is 1. The molecule has 3 aromatic rings. The predicted molar refractivity (Wildman–Crippen MR) is 145 cm³/mol. The van der Waals surface area contributed by atoms with E-state index in [1.54, 1.807) is 36.0 Å². The molecule has 0 radical (unpaired) electrons. The molecule has 1 heterocycles. The second-order valence-electron chi connectivity index (χ2n) is 8.25. The molecule has 1 saturated heterocycles. The van der Waals surface area contributed by atoms with Gasteiger partial charge in [-0.1, -0.05) is 43.5 Å². The Morgan fingerprint density at radius 1 is 1.11 bits per heavy atom. The lowest BCUT2D eigenvalue weighted by Crippen LogP contribution is -2.24. The van der Waals surface area contributed by atoms with Crippen LogP contribution in [0.1, 0.15) is 29.1 Å². The number of anilines is 1. The monoisotopic (exact) mass is 524 g/mol. The van der Waals surface area contributed by atoms with Crippen LogP contribution in [0, 0.1) is 18.6 Å². The van der Waals surface area contributed by atoms with E-state index in [2.05, 4.69) is 34.2 Å². The van der Waals surface area contributed by atoms with Crippen LogP contribution in [0.4, 0.5) is 14.5 Å². The van der Waals surface area contributed by atoms with Crippen molar-refractivity contribution in [3.63, 3.8) is 0 Å². The zero-order valence-corrected chi connectivity index (χ0v) is 21.2. The first-order valence-electron chi connectivity index (χ1n) is 11.0. The third kappa shape index (κ3) is 5.64. The molecule has 0 spiro atoms. The molecular formula is C28H26F2N2O2S2. The van der Waals surface area contributed by atoms with Crippen molar-refractivity contribution in [3.8, 4) is 0 Å². The van der Waals surface area contributed by atoms with Gasteiger partial charge in [-0.05, 0) is 60.0 Å². The number of hydrogen-bond acceptors (Lipinski definition) is 4. The summed E-state index contributed by atoms with van der Waals surface area (Å²) in [7, 11) is -3.83. The second-order valence-corrected chi connectivity index (χ2v) is 11.0. The summed E-state index contributed by atoms with van der Waals surface area (Å²) >= 11 is 1.69. The van der Waals surface area contributed by atoms with E-state index < -0.39 is 15.8 Å². The highest BCUT2D eigenvalue weighted by Gasteiger charge is 2.32. The topological polar surface area (TPSA) is 49.4 Å². The zero-order chi connectivity index (χ0) is 25.9. The Bertz CT molecular complexity index is 1510. The van der Waals surface area contributed by atoms with Crippen LogP contribution in [0.5, 0.6) is 0 Å². The molecule has 1 N–H and O–H groups in total. The fourth-order valence-corrected chi connectivity index (χ4v) is 6.53. The van der Waals surface area contributed by atoms with E-state index in [1.807, 2.05) is 19.1 Å². The van der Waals surface area contributed by atoms with Gasteiger partial charge in [-0.15, -0.1) is 23.2 Å². The number of thioether (sulfide) groups is 1. The average Bonchev–Trinajstić information content (AvgIpc) is 3.26. The van der Waals surface area contributed by atoms with Crippen LogP contribution in [0.15, 0.2) is 97.0 Å². The number of nitrogens with one attached hydrogen (secondary N) is 1. The third-order valence-electron chi connectivity index (χ3n) is 5.69. The minimum atomic E-state index is -3.83. The van der Waals surface area contributed by atoms with Gasteiger partial charge in [0.15, 0.2) is 0 Å². The van der Waals surface area contributed by atoms with E-state index in [4.69, 9.17) is 0 Å². The van der Waals surface area contributed by atoms with E-state index in [9.17, 15) is 17.2 Å². The molecule has 186 valence electrons. The van der Waals surface area contributed by atoms with Crippen molar-refractivity contribution in [1.82, 2.24) is 4.72 Å². The number of sulfonamides is 1. The molecule has 4 rings (SSSR count). The summed E-state index contributed by atoms with van der Waals surface area (Å²) in [4.78, 5) is 2.11. The molecule has 0 saturated carbocycles. The van der Waals surface area contributed by atoms with Gasteiger partial charge >= 0.3 is 0 Å². The Morgan fingerprint density at radius 3 is 2.50 bits per heavy atom. The summed E-state index contributed by atoms with van der Waals surface area (Å²) in [6.45, 7) is 9.39. The SMILES string of the molecule is C=C=C(NS(=O)(=O)Cc1cccc(F)c1)c1ccc(N2C(=C=C)CSC2c2ccc(F)cc2)c(C)c1.[HH]. The molecule has 1 atom stereocenters. The van der Waals surface area contributed by atoms with Crippen LogP contribution in [0.25, 0.3) is 5.70 Å². The van der Waals surface area contributed by atoms with Gasteiger partial charge in [-0.2, -0.15) is 0 Å². The largest absolute Gasteiger partial charge is 0.321 e. The van der Waals surface area contributed by atoms with Crippen LogP contribution in [0.2, 0.25) is 0 Å². The summed E-state index contributed by atoms with van der Waals surface area (Å²) in [6.07, 6.45) is 0. The number of halogens is 2. The molecule has 1 aliphatic rings. The molecule has 1 aliphatic heterocycles. The number of benzene rings is 3. The number of nitrogens with zero attached hydrogens (tertiary/aromatic N) is 1. The van der Waals surface area contributed by atoms with Gasteiger partial charge in [0.2, 0.25) is 10.0 Å². The lowest BCUT2D eigenvalue weighted by atomic mass is 10.1. The highest BCUT2D eigenvalue weighted by atomic mass is 32.2. The van der Waals surface area contributed by atoms with Gasteiger partial charge in [-0.3, -0.25) is 4.72 Å². The van der Waals surface area contributed by atoms with Gasteiger partial charge in [0.05, 0.1) is 17.1 Å². The lowest BCUT2D eigenvalue weighted by molar-refractivity contribution is 0.590. The van der Waals surface area contributed by atoms with Crippen LogP contribution >= 0.6 is 11.8 Å². The molecule has 3 aromatic carbocycles. The maximum absolute atomic E-state index is 13.5. The molecule has 0 amide bonds. The predicted octanol–water partition coefficient (Wildman–Crippen LogP) is 6.69. The highest BCUT2D eigenvalue weighted by Crippen LogP contribution is 2.46. The molecular weight excluding hydrogens is 498 g/mol. The fourth-order valence-electron chi connectivity index (χ4n) is 4.04. The third-order valence-corrected chi connectivity index (χ3v) is 8.15. The lowest BCUT2D eigenvalue weighted by Gasteiger charge is -2.28. The Hall–Kier alpha value is -3.54. The summed E-state index contributed by atoms with van der Waals surface area (Å²) in [6, 6.07) is 17.4. The molecule has 8 heteroatoms. The molecule has 0 aliphatic carbocycles. The Labute approximate surface area is 215 Å². The Kier molecular flexibility index (Phi) is 7.53. The van der Waals surface area contributed by atoms with Crippen molar-refractivity contribution >= 4 is 33.2 Å². The molecule has 0 bridgehead atoms. The minimum absolute atomic E-state index is 0. The van der Waals surface area contributed by atoms with E-state index in [0.717, 1.165) is 22.5 Å². The summed E-state index contributed by atoms with van der Waals surface area (Å²) in [5.41, 5.74) is 10.4. The van der Waals surface area contributed by atoms with E-state index in [1.165, 1.54) is 30.3 Å². The molecule has 36 heavy (non-hydrogen) atoms.